The smallest absolute Gasteiger partial charge is 0.408 e. The molecule has 1 aliphatic heterocycles. The zero-order valence-electron chi connectivity index (χ0n) is 12.0. The number of hydrogen-bond donors (Lipinski definition) is 1. The number of piperazine rings is 1. The quantitative estimate of drug-likeness (QED) is 0.916. The highest BCUT2D eigenvalue weighted by Crippen LogP contribution is 2.13. The van der Waals surface area contributed by atoms with Gasteiger partial charge in [-0.25, -0.2) is 4.79 Å². The number of fused-ring (bicyclic) bond motifs is 1. The molecule has 1 aromatic heterocycles. The largest absolute Gasteiger partial charge is 0.419 e. The summed E-state index contributed by atoms with van der Waals surface area (Å²) in [6.45, 7) is 7.99. The van der Waals surface area contributed by atoms with E-state index in [0.29, 0.717) is 24.2 Å². The van der Waals surface area contributed by atoms with E-state index >= 15 is 0 Å². The zero-order valence-corrected chi connectivity index (χ0v) is 12.0. The van der Waals surface area contributed by atoms with Gasteiger partial charge in [-0.05, 0) is 26.0 Å². The van der Waals surface area contributed by atoms with Gasteiger partial charge in [0.2, 0.25) is 0 Å². The summed E-state index contributed by atoms with van der Waals surface area (Å²) < 4.78 is 7.00. The minimum absolute atomic E-state index is 0.262. The Bertz CT molecular complexity index is 636. The van der Waals surface area contributed by atoms with Crippen LogP contribution in [0.3, 0.4) is 0 Å². The number of rotatable bonds is 3. The van der Waals surface area contributed by atoms with Crippen LogP contribution in [0.15, 0.2) is 33.5 Å². The summed E-state index contributed by atoms with van der Waals surface area (Å²) in [6.07, 6.45) is 0. The van der Waals surface area contributed by atoms with Crippen molar-refractivity contribution < 1.29 is 4.42 Å². The molecular formula is C15H21N3O2. The zero-order chi connectivity index (χ0) is 14.1. The molecule has 0 aliphatic carbocycles. The van der Waals surface area contributed by atoms with E-state index < -0.39 is 0 Å². The van der Waals surface area contributed by atoms with Crippen molar-refractivity contribution in [2.45, 2.75) is 32.5 Å². The van der Waals surface area contributed by atoms with Crippen molar-refractivity contribution in [3.63, 3.8) is 0 Å². The Balaban J connectivity index is 1.80. The number of nitrogens with zero attached hydrogens (tertiary/aromatic N) is 2. The third-order valence-corrected chi connectivity index (χ3v) is 4.17. The van der Waals surface area contributed by atoms with Crippen LogP contribution < -0.4 is 11.1 Å². The maximum Gasteiger partial charge on any atom is 0.419 e. The van der Waals surface area contributed by atoms with Crippen molar-refractivity contribution >= 4 is 11.1 Å². The molecule has 2 heterocycles. The van der Waals surface area contributed by atoms with Gasteiger partial charge in [-0.1, -0.05) is 12.1 Å². The first kappa shape index (κ1) is 13.4. The lowest BCUT2D eigenvalue weighted by molar-refractivity contribution is 0.112. The first-order chi connectivity index (χ1) is 9.66. The molecule has 5 nitrogen and oxygen atoms in total. The van der Waals surface area contributed by atoms with Crippen LogP contribution in [-0.2, 0) is 6.54 Å². The molecule has 2 atom stereocenters. The lowest BCUT2D eigenvalue weighted by Crippen LogP contribution is -2.55. The second-order valence-corrected chi connectivity index (χ2v) is 5.58. The van der Waals surface area contributed by atoms with E-state index in [4.69, 9.17) is 4.42 Å². The number of oxazole rings is 1. The third kappa shape index (κ3) is 2.39. The SMILES string of the molecule is CC1CNCC(C)N1CCn1c(=O)oc2ccccc21. The van der Waals surface area contributed by atoms with Gasteiger partial charge in [0.05, 0.1) is 5.52 Å². The number of para-hydroxylation sites is 2. The van der Waals surface area contributed by atoms with Gasteiger partial charge in [0.1, 0.15) is 0 Å². The van der Waals surface area contributed by atoms with Gasteiger partial charge >= 0.3 is 5.76 Å². The highest BCUT2D eigenvalue weighted by atomic mass is 16.4. The Labute approximate surface area is 118 Å². The summed E-state index contributed by atoms with van der Waals surface area (Å²) in [4.78, 5) is 14.4. The van der Waals surface area contributed by atoms with Crippen LogP contribution in [0.1, 0.15) is 13.8 Å². The highest BCUT2D eigenvalue weighted by Gasteiger charge is 2.24. The van der Waals surface area contributed by atoms with Crippen LogP contribution >= 0.6 is 0 Å². The molecule has 1 N–H and O–H groups in total. The first-order valence-electron chi connectivity index (χ1n) is 7.21. The second kappa shape index (κ2) is 5.42. The van der Waals surface area contributed by atoms with Gasteiger partial charge in [0.15, 0.2) is 5.58 Å². The number of benzene rings is 1. The fraction of sp³-hybridized carbons (Fsp3) is 0.533. The number of hydrogen-bond acceptors (Lipinski definition) is 4. The first-order valence-corrected chi connectivity index (χ1v) is 7.21. The van der Waals surface area contributed by atoms with Crippen molar-refractivity contribution in [2.75, 3.05) is 19.6 Å². The van der Waals surface area contributed by atoms with Crippen molar-refractivity contribution in [2.24, 2.45) is 0 Å². The summed E-state index contributed by atoms with van der Waals surface area (Å²) in [7, 11) is 0. The van der Waals surface area contributed by atoms with Gasteiger partial charge < -0.3 is 9.73 Å². The minimum atomic E-state index is -0.262. The van der Waals surface area contributed by atoms with E-state index in [9.17, 15) is 4.79 Å². The Hall–Kier alpha value is -1.59. The van der Waals surface area contributed by atoms with Crippen molar-refractivity contribution in [3.8, 4) is 0 Å². The lowest BCUT2D eigenvalue weighted by atomic mass is 10.1. The maximum absolute atomic E-state index is 11.9. The number of aromatic nitrogens is 1. The Kier molecular flexibility index (Phi) is 3.63. The normalized spacial score (nSPS) is 24.3. The molecule has 20 heavy (non-hydrogen) atoms. The molecule has 108 valence electrons. The van der Waals surface area contributed by atoms with E-state index in [1.165, 1.54) is 0 Å². The molecule has 0 radical (unpaired) electrons. The molecule has 0 amide bonds. The average Bonchev–Trinajstić information content (AvgIpc) is 2.74. The van der Waals surface area contributed by atoms with E-state index in [1.807, 2.05) is 24.3 Å². The molecule has 1 aliphatic rings. The van der Waals surface area contributed by atoms with Crippen LogP contribution in [0.5, 0.6) is 0 Å². The van der Waals surface area contributed by atoms with Crippen LogP contribution in [0.4, 0.5) is 0 Å². The second-order valence-electron chi connectivity index (χ2n) is 5.58. The van der Waals surface area contributed by atoms with Crippen LogP contribution in [0, 0.1) is 0 Å². The molecule has 5 heteroatoms. The fourth-order valence-electron chi connectivity index (χ4n) is 3.05. The van der Waals surface area contributed by atoms with Crippen molar-refractivity contribution in [1.29, 1.82) is 0 Å². The molecule has 2 aromatic rings. The molecule has 1 aromatic carbocycles. The van der Waals surface area contributed by atoms with E-state index in [2.05, 4.69) is 24.1 Å². The maximum atomic E-state index is 11.9. The molecule has 0 bridgehead atoms. The van der Waals surface area contributed by atoms with E-state index in [0.717, 1.165) is 25.2 Å². The van der Waals surface area contributed by atoms with E-state index in [-0.39, 0.29) is 5.76 Å². The van der Waals surface area contributed by atoms with Gasteiger partial charge in [0.25, 0.3) is 0 Å². The van der Waals surface area contributed by atoms with Crippen LogP contribution in [0.2, 0.25) is 0 Å². The molecule has 2 unspecified atom stereocenters. The topological polar surface area (TPSA) is 50.4 Å². The average molecular weight is 275 g/mol. The third-order valence-electron chi connectivity index (χ3n) is 4.17. The standard InChI is InChI=1S/C15H21N3O2/c1-11-9-16-10-12(2)17(11)7-8-18-13-5-3-4-6-14(13)20-15(18)19/h3-6,11-12,16H,7-10H2,1-2H3. The fourth-order valence-corrected chi connectivity index (χ4v) is 3.05. The predicted octanol–water partition coefficient (Wildman–Crippen LogP) is 1.28. The molecule has 3 rings (SSSR count). The van der Waals surface area contributed by atoms with Crippen molar-refractivity contribution in [1.82, 2.24) is 14.8 Å². The summed E-state index contributed by atoms with van der Waals surface area (Å²) >= 11 is 0. The van der Waals surface area contributed by atoms with Gasteiger partial charge in [-0.2, -0.15) is 0 Å². The van der Waals surface area contributed by atoms with Gasteiger partial charge in [-0.3, -0.25) is 9.47 Å². The van der Waals surface area contributed by atoms with Gasteiger partial charge in [-0.15, -0.1) is 0 Å². The summed E-state index contributed by atoms with van der Waals surface area (Å²) in [5, 5.41) is 3.42. The summed E-state index contributed by atoms with van der Waals surface area (Å²) in [6, 6.07) is 8.58. The van der Waals surface area contributed by atoms with Gasteiger partial charge in [0, 0.05) is 38.3 Å². The molecule has 0 saturated carbocycles. The highest BCUT2D eigenvalue weighted by molar-refractivity contribution is 5.72. The Morgan fingerprint density at radius 1 is 1.20 bits per heavy atom. The van der Waals surface area contributed by atoms with Crippen LogP contribution in [-0.4, -0.2) is 41.2 Å². The minimum Gasteiger partial charge on any atom is -0.408 e. The lowest BCUT2D eigenvalue weighted by Gasteiger charge is -2.39. The summed E-state index contributed by atoms with van der Waals surface area (Å²) in [5.74, 6) is -0.262. The molecular weight excluding hydrogens is 254 g/mol. The monoisotopic (exact) mass is 275 g/mol. The van der Waals surface area contributed by atoms with Crippen LogP contribution in [0.25, 0.3) is 11.1 Å². The van der Waals surface area contributed by atoms with Crippen molar-refractivity contribution in [3.05, 3.63) is 34.8 Å². The van der Waals surface area contributed by atoms with E-state index in [1.54, 1.807) is 4.57 Å². The summed E-state index contributed by atoms with van der Waals surface area (Å²) in [5.41, 5.74) is 1.55. The Morgan fingerprint density at radius 3 is 2.65 bits per heavy atom. The number of nitrogens with one attached hydrogen (secondary N) is 1. The molecule has 1 saturated heterocycles. The molecule has 1 fully saturated rings. The predicted molar refractivity (Wildman–Crippen MR) is 79.0 cm³/mol. The Morgan fingerprint density at radius 2 is 1.90 bits per heavy atom. The molecule has 0 spiro atoms.